The smallest absolute Gasteiger partial charge is 0.305 e. The second-order valence-electron chi connectivity index (χ2n) is 7.39. The molecule has 0 spiro atoms. The van der Waals surface area contributed by atoms with Gasteiger partial charge in [-0.3, -0.25) is 4.79 Å². The van der Waals surface area contributed by atoms with Gasteiger partial charge in [0, 0.05) is 6.42 Å². The van der Waals surface area contributed by atoms with Gasteiger partial charge in [0.15, 0.2) is 0 Å². The normalized spacial score (nSPS) is 13.0. The van der Waals surface area contributed by atoms with E-state index in [1.165, 1.54) is 69.8 Å². The molecule has 0 bridgehead atoms. The van der Waals surface area contributed by atoms with Crippen molar-refractivity contribution in [2.45, 2.75) is 110 Å². The van der Waals surface area contributed by atoms with Crippen LogP contribution in [0.25, 0.3) is 0 Å². The predicted octanol–water partition coefficient (Wildman–Crippen LogP) is 5.31. The fourth-order valence-corrected chi connectivity index (χ4v) is 2.89. The van der Waals surface area contributed by atoms with Crippen molar-refractivity contribution in [3.8, 4) is 0 Å². The Balaban J connectivity index is 3.39. The van der Waals surface area contributed by atoms with E-state index in [-0.39, 0.29) is 19.2 Å². The van der Waals surface area contributed by atoms with Crippen molar-refractivity contribution in [1.29, 1.82) is 0 Å². The van der Waals surface area contributed by atoms with E-state index < -0.39 is 6.10 Å². The molecule has 0 heterocycles. The fraction of sp³-hybridized carbons (Fsp3) is 0.864. The van der Waals surface area contributed by atoms with E-state index in [1.54, 1.807) is 0 Å². The number of rotatable bonds is 18. The molecule has 0 aromatic rings. The molecule has 0 fully saturated rings. The molecule has 0 saturated heterocycles. The molecule has 0 rings (SSSR count). The zero-order chi connectivity index (χ0) is 19.5. The van der Waals surface area contributed by atoms with Crippen LogP contribution >= 0.6 is 0 Å². The van der Waals surface area contributed by atoms with E-state index in [4.69, 9.17) is 14.9 Å². The van der Waals surface area contributed by atoms with Crippen LogP contribution in [0.1, 0.15) is 104 Å². The van der Waals surface area contributed by atoms with Gasteiger partial charge in [-0.2, -0.15) is 0 Å². The topological polar surface area (TPSA) is 66.8 Å². The van der Waals surface area contributed by atoms with E-state index in [0.717, 1.165) is 19.3 Å². The Kier molecular flexibility index (Phi) is 18.3. The first kappa shape index (κ1) is 25.1. The van der Waals surface area contributed by atoms with Crippen molar-refractivity contribution in [3.05, 3.63) is 11.6 Å². The monoisotopic (exact) mass is 370 g/mol. The second-order valence-corrected chi connectivity index (χ2v) is 7.39. The van der Waals surface area contributed by atoms with Gasteiger partial charge in [-0.15, -0.1) is 0 Å². The lowest BCUT2D eigenvalue weighted by Crippen LogP contribution is -2.21. The van der Waals surface area contributed by atoms with E-state index >= 15 is 0 Å². The van der Waals surface area contributed by atoms with Crippen LogP contribution in [0, 0.1) is 0 Å². The summed E-state index contributed by atoms with van der Waals surface area (Å²) in [5, 5.41) is 17.7. The maximum atomic E-state index is 11.4. The van der Waals surface area contributed by atoms with Crippen LogP contribution in [0.15, 0.2) is 11.6 Å². The van der Waals surface area contributed by atoms with Crippen LogP contribution in [0.4, 0.5) is 0 Å². The quantitative estimate of drug-likeness (QED) is 0.195. The predicted molar refractivity (Wildman–Crippen MR) is 108 cm³/mol. The molecule has 0 amide bonds. The van der Waals surface area contributed by atoms with Crippen LogP contribution in [0.2, 0.25) is 0 Å². The van der Waals surface area contributed by atoms with Crippen molar-refractivity contribution in [3.63, 3.8) is 0 Å². The number of carbonyl (C=O) groups is 1. The Labute approximate surface area is 161 Å². The zero-order valence-electron chi connectivity index (χ0n) is 17.2. The maximum Gasteiger partial charge on any atom is 0.305 e. The molecule has 0 aliphatic heterocycles. The number of aliphatic hydroxyl groups excluding tert-OH is 2. The molecule has 2 N–H and O–H groups in total. The lowest BCUT2D eigenvalue weighted by molar-refractivity contribution is -0.147. The van der Waals surface area contributed by atoms with Crippen molar-refractivity contribution in [2.24, 2.45) is 0 Å². The van der Waals surface area contributed by atoms with Crippen LogP contribution < -0.4 is 0 Å². The molecule has 26 heavy (non-hydrogen) atoms. The lowest BCUT2D eigenvalue weighted by atomic mass is 10.0. The minimum Gasteiger partial charge on any atom is -0.463 e. The first-order valence-electron chi connectivity index (χ1n) is 10.7. The summed E-state index contributed by atoms with van der Waals surface area (Å²) in [5.74, 6) is -0.286. The molecule has 0 aromatic carbocycles. The van der Waals surface area contributed by atoms with Gasteiger partial charge in [-0.25, -0.2) is 0 Å². The largest absolute Gasteiger partial charge is 0.463 e. The van der Waals surface area contributed by atoms with Crippen LogP contribution in [-0.4, -0.2) is 35.5 Å². The number of carbonyl (C=O) groups excluding carboxylic acids is 1. The Bertz CT molecular complexity index is 352. The Morgan fingerprint density at radius 3 is 2.15 bits per heavy atom. The van der Waals surface area contributed by atoms with Gasteiger partial charge in [0.2, 0.25) is 0 Å². The molecule has 4 heteroatoms. The molecule has 0 radical (unpaired) electrons. The lowest BCUT2D eigenvalue weighted by Gasteiger charge is -2.08. The van der Waals surface area contributed by atoms with Crippen LogP contribution in [-0.2, 0) is 9.53 Å². The van der Waals surface area contributed by atoms with Crippen molar-refractivity contribution >= 4 is 5.97 Å². The number of unbranched alkanes of at least 4 members (excludes halogenated alkanes) is 10. The highest BCUT2D eigenvalue weighted by atomic mass is 16.5. The molecule has 0 aromatic heterocycles. The number of ether oxygens (including phenoxy) is 1. The van der Waals surface area contributed by atoms with Crippen LogP contribution in [0.3, 0.4) is 0 Å². The SMILES string of the molecule is CCCCCCCC/C(C)=C\CCCCCCCC(=O)OC[C@@H](O)CO. The highest BCUT2D eigenvalue weighted by Gasteiger charge is 2.07. The van der Waals surface area contributed by atoms with Crippen LogP contribution in [0.5, 0.6) is 0 Å². The van der Waals surface area contributed by atoms with E-state index in [9.17, 15) is 4.79 Å². The molecule has 154 valence electrons. The third-order valence-electron chi connectivity index (χ3n) is 4.65. The third kappa shape index (κ3) is 17.9. The van der Waals surface area contributed by atoms with E-state index in [2.05, 4.69) is 19.9 Å². The number of hydrogen-bond acceptors (Lipinski definition) is 4. The Hall–Kier alpha value is -0.870. The van der Waals surface area contributed by atoms with Crippen molar-refractivity contribution in [1.82, 2.24) is 0 Å². The number of allylic oxidation sites excluding steroid dienone is 2. The number of hydrogen-bond donors (Lipinski definition) is 2. The minimum absolute atomic E-state index is 0.111. The number of aliphatic hydroxyl groups is 2. The minimum atomic E-state index is -0.962. The number of esters is 1. The summed E-state index contributed by atoms with van der Waals surface area (Å²) in [4.78, 5) is 11.4. The highest BCUT2D eigenvalue weighted by Crippen LogP contribution is 2.14. The molecule has 0 aliphatic rings. The Morgan fingerprint density at radius 2 is 1.50 bits per heavy atom. The first-order chi connectivity index (χ1) is 12.6. The van der Waals surface area contributed by atoms with E-state index in [1.807, 2.05) is 0 Å². The van der Waals surface area contributed by atoms with Gasteiger partial charge < -0.3 is 14.9 Å². The molecule has 0 saturated carbocycles. The molecule has 4 nitrogen and oxygen atoms in total. The average Bonchev–Trinajstić information content (AvgIpc) is 2.64. The molecule has 0 aliphatic carbocycles. The van der Waals surface area contributed by atoms with Gasteiger partial charge in [0.1, 0.15) is 12.7 Å². The second kappa shape index (κ2) is 18.9. The third-order valence-corrected chi connectivity index (χ3v) is 4.65. The summed E-state index contributed by atoms with van der Waals surface area (Å²) in [5.41, 5.74) is 1.54. The van der Waals surface area contributed by atoms with Crippen molar-refractivity contribution in [2.75, 3.05) is 13.2 Å². The molecular weight excluding hydrogens is 328 g/mol. The van der Waals surface area contributed by atoms with Gasteiger partial charge >= 0.3 is 5.97 Å². The first-order valence-corrected chi connectivity index (χ1v) is 10.7. The van der Waals surface area contributed by atoms with Gasteiger partial charge in [0.05, 0.1) is 6.61 Å². The fourth-order valence-electron chi connectivity index (χ4n) is 2.89. The van der Waals surface area contributed by atoms with Gasteiger partial charge in [0.25, 0.3) is 0 Å². The standard InChI is InChI=1S/C22H42O4/c1-3-4-5-6-9-12-15-20(2)16-13-10-7-8-11-14-17-22(25)26-19-21(24)18-23/h16,21,23-24H,3-15,17-19H2,1-2H3/b20-16-/t21-/m0/s1. The van der Waals surface area contributed by atoms with Gasteiger partial charge in [-0.1, -0.05) is 69.9 Å². The molecule has 0 unspecified atom stereocenters. The summed E-state index contributed by atoms with van der Waals surface area (Å²) in [7, 11) is 0. The summed E-state index contributed by atoms with van der Waals surface area (Å²) in [6, 6.07) is 0. The molecule has 1 atom stereocenters. The van der Waals surface area contributed by atoms with Crippen molar-refractivity contribution < 1.29 is 19.7 Å². The summed E-state index contributed by atoms with van der Waals surface area (Å²) < 4.78 is 4.87. The zero-order valence-corrected chi connectivity index (χ0v) is 17.2. The highest BCUT2D eigenvalue weighted by molar-refractivity contribution is 5.69. The van der Waals surface area contributed by atoms with Gasteiger partial charge in [-0.05, 0) is 39.0 Å². The summed E-state index contributed by atoms with van der Waals surface area (Å²) >= 11 is 0. The summed E-state index contributed by atoms with van der Waals surface area (Å²) in [6.45, 7) is 4.03. The maximum absolute atomic E-state index is 11.4. The molecular formula is C22H42O4. The average molecular weight is 371 g/mol. The summed E-state index contributed by atoms with van der Waals surface area (Å²) in [6.07, 6.45) is 17.9. The van der Waals surface area contributed by atoms with E-state index in [0.29, 0.717) is 6.42 Å². The Morgan fingerprint density at radius 1 is 0.923 bits per heavy atom.